The zero-order valence-electron chi connectivity index (χ0n) is 11.4. The molecule has 0 aliphatic carbocycles. The van der Waals surface area contributed by atoms with Gasteiger partial charge in [0.05, 0.1) is 5.56 Å². The lowest BCUT2D eigenvalue weighted by Crippen LogP contribution is -2.02. The Kier molecular flexibility index (Phi) is 3.52. The molecule has 0 saturated heterocycles. The molecule has 3 rings (SSSR count). The fourth-order valence-corrected chi connectivity index (χ4v) is 2.84. The van der Waals surface area contributed by atoms with Crippen molar-refractivity contribution in [2.75, 3.05) is 0 Å². The molecule has 21 heavy (non-hydrogen) atoms. The van der Waals surface area contributed by atoms with Crippen molar-refractivity contribution in [3.63, 3.8) is 0 Å². The minimum absolute atomic E-state index is 0.00820. The first-order chi connectivity index (χ1) is 10.1. The Labute approximate surface area is 131 Å². The third kappa shape index (κ3) is 2.57. The minimum atomic E-state index is -0.192. The van der Waals surface area contributed by atoms with E-state index in [0.717, 1.165) is 20.8 Å². The molecule has 0 radical (unpaired) electrons. The molecule has 0 unspecified atom stereocenters. The van der Waals surface area contributed by atoms with Gasteiger partial charge in [0.2, 0.25) is 0 Å². The normalized spacial score (nSPS) is 10.8. The summed E-state index contributed by atoms with van der Waals surface area (Å²) in [4.78, 5) is 12.6. The number of hydrogen-bond acceptors (Lipinski definition) is 2. The van der Waals surface area contributed by atoms with Gasteiger partial charge < -0.3 is 5.11 Å². The van der Waals surface area contributed by atoms with Gasteiger partial charge in [-0.15, -0.1) is 0 Å². The van der Waals surface area contributed by atoms with Crippen molar-refractivity contribution in [3.05, 3.63) is 75.8 Å². The largest absolute Gasteiger partial charge is 0.507 e. The first-order valence-corrected chi connectivity index (χ1v) is 7.38. The van der Waals surface area contributed by atoms with Gasteiger partial charge in [-0.05, 0) is 42.0 Å². The molecule has 0 spiro atoms. The summed E-state index contributed by atoms with van der Waals surface area (Å²) >= 11 is 3.38. The fourth-order valence-electron chi connectivity index (χ4n) is 2.38. The number of phenols is 1. The maximum atomic E-state index is 12.6. The van der Waals surface area contributed by atoms with Crippen LogP contribution in [0, 0.1) is 6.92 Å². The summed E-state index contributed by atoms with van der Waals surface area (Å²) in [6, 6.07) is 16.5. The van der Waals surface area contributed by atoms with Crippen LogP contribution in [0.1, 0.15) is 21.5 Å². The van der Waals surface area contributed by atoms with Gasteiger partial charge in [0.15, 0.2) is 5.78 Å². The quantitative estimate of drug-likeness (QED) is 0.677. The van der Waals surface area contributed by atoms with Crippen LogP contribution in [-0.2, 0) is 0 Å². The van der Waals surface area contributed by atoms with Crippen molar-refractivity contribution in [1.82, 2.24) is 0 Å². The Bertz CT molecular complexity index is 853. The van der Waals surface area contributed by atoms with E-state index in [4.69, 9.17) is 0 Å². The average molecular weight is 341 g/mol. The molecule has 3 aromatic rings. The highest BCUT2D eigenvalue weighted by atomic mass is 79.9. The number of carbonyl (C=O) groups excluding carboxylic acids is 1. The zero-order valence-corrected chi connectivity index (χ0v) is 13.0. The molecule has 0 atom stereocenters. The average Bonchev–Trinajstić information content (AvgIpc) is 2.46. The van der Waals surface area contributed by atoms with Crippen molar-refractivity contribution < 1.29 is 9.90 Å². The molecule has 3 heteroatoms. The van der Waals surface area contributed by atoms with Crippen molar-refractivity contribution in [2.45, 2.75) is 6.92 Å². The summed E-state index contributed by atoms with van der Waals surface area (Å²) in [5, 5.41) is 12.1. The van der Waals surface area contributed by atoms with Crippen LogP contribution in [-0.4, -0.2) is 10.9 Å². The molecule has 2 nitrogen and oxygen atoms in total. The van der Waals surface area contributed by atoms with E-state index in [1.54, 1.807) is 24.3 Å². The summed E-state index contributed by atoms with van der Waals surface area (Å²) in [6.07, 6.45) is 0. The second kappa shape index (κ2) is 5.34. The molecular formula is C18H13BrO2. The monoisotopic (exact) mass is 340 g/mol. The molecule has 0 bridgehead atoms. The van der Waals surface area contributed by atoms with Gasteiger partial charge in [0.25, 0.3) is 0 Å². The van der Waals surface area contributed by atoms with Crippen LogP contribution in [0.25, 0.3) is 10.8 Å². The van der Waals surface area contributed by atoms with E-state index in [1.807, 2.05) is 37.3 Å². The van der Waals surface area contributed by atoms with Gasteiger partial charge in [-0.1, -0.05) is 51.8 Å². The topological polar surface area (TPSA) is 37.3 Å². The van der Waals surface area contributed by atoms with Gasteiger partial charge in [-0.2, -0.15) is 0 Å². The number of phenolic OH excluding ortho intramolecular Hbond substituents is 1. The standard InChI is InChI=1S/C18H13BrO2/c1-11-6-7-12-9-15(17(20)10-13(12)8-11)18(21)14-4-2-3-5-16(14)19/h2-10,20H,1H3. The Balaban J connectivity index is 2.16. The highest BCUT2D eigenvalue weighted by Gasteiger charge is 2.16. The molecule has 0 aliphatic rings. The predicted molar refractivity (Wildman–Crippen MR) is 87.9 cm³/mol. The second-order valence-corrected chi connectivity index (χ2v) is 5.88. The van der Waals surface area contributed by atoms with E-state index in [0.29, 0.717) is 11.1 Å². The summed E-state index contributed by atoms with van der Waals surface area (Å²) in [7, 11) is 0. The van der Waals surface area contributed by atoms with Gasteiger partial charge in [-0.25, -0.2) is 0 Å². The molecule has 0 heterocycles. The number of aryl methyl sites for hydroxylation is 1. The number of ketones is 1. The SMILES string of the molecule is Cc1ccc2cc(C(=O)c3ccccc3Br)c(O)cc2c1. The number of fused-ring (bicyclic) bond motifs is 1. The van der Waals surface area contributed by atoms with E-state index in [2.05, 4.69) is 15.9 Å². The lowest BCUT2D eigenvalue weighted by molar-refractivity contribution is 0.103. The van der Waals surface area contributed by atoms with E-state index in [9.17, 15) is 9.90 Å². The predicted octanol–water partition coefficient (Wildman–Crippen LogP) is 4.85. The fraction of sp³-hybridized carbons (Fsp3) is 0.0556. The van der Waals surface area contributed by atoms with Crippen LogP contribution < -0.4 is 0 Å². The Morgan fingerprint density at radius 2 is 1.71 bits per heavy atom. The number of aromatic hydroxyl groups is 1. The summed E-state index contributed by atoms with van der Waals surface area (Å²) < 4.78 is 0.721. The number of hydrogen-bond donors (Lipinski definition) is 1. The van der Waals surface area contributed by atoms with E-state index in [1.165, 1.54) is 0 Å². The zero-order chi connectivity index (χ0) is 15.0. The van der Waals surface area contributed by atoms with Crippen LogP contribution in [0.15, 0.2) is 59.1 Å². The van der Waals surface area contributed by atoms with Crippen molar-refractivity contribution in [1.29, 1.82) is 0 Å². The van der Waals surface area contributed by atoms with Crippen LogP contribution in [0.4, 0.5) is 0 Å². The number of rotatable bonds is 2. The van der Waals surface area contributed by atoms with E-state index < -0.39 is 0 Å². The molecular weight excluding hydrogens is 328 g/mol. The number of halogens is 1. The van der Waals surface area contributed by atoms with E-state index >= 15 is 0 Å². The maximum Gasteiger partial charge on any atom is 0.197 e. The molecule has 0 fully saturated rings. The molecule has 1 N–H and O–H groups in total. The summed E-state index contributed by atoms with van der Waals surface area (Å²) in [6.45, 7) is 2.00. The first-order valence-electron chi connectivity index (χ1n) is 6.59. The van der Waals surface area contributed by atoms with Gasteiger partial charge in [0.1, 0.15) is 5.75 Å². The minimum Gasteiger partial charge on any atom is -0.507 e. The Morgan fingerprint density at radius 3 is 2.48 bits per heavy atom. The highest BCUT2D eigenvalue weighted by Crippen LogP contribution is 2.29. The molecule has 0 aromatic heterocycles. The third-order valence-electron chi connectivity index (χ3n) is 3.47. The van der Waals surface area contributed by atoms with Crippen LogP contribution >= 0.6 is 15.9 Å². The molecule has 0 amide bonds. The van der Waals surface area contributed by atoms with Crippen LogP contribution in [0.5, 0.6) is 5.75 Å². The number of carbonyl (C=O) groups is 1. The van der Waals surface area contributed by atoms with Gasteiger partial charge in [0, 0.05) is 10.0 Å². The first kappa shape index (κ1) is 13.8. The smallest absolute Gasteiger partial charge is 0.197 e. The maximum absolute atomic E-state index is 12.6. The number of benzene rings is 3. The second-order valence-electron chi connectivity index (χ2n) is 5.03. The van der Waals surface area contributed by atoms with E-state index in [-0.39, 0.29) is 11.5 Å². The van der Waals surface area contributed by atoms with Crippen LogP contribution in [0.2, 0.25) is 0 Å². The lowest BCUT2D eigenvalue weighted by Gasteiger charge is -2.08. The molecule has 3 aromatic carbocycles. The molecule has 0 aliphatic heterocycles. The molecule has 104 valence electrons. The lowest BCUT2D eigenvalue weighted by atomic mass is 9.98. The third-order valence-corrected chi connectivity index (χ3v) is 4.16. The Hall–Kier alpha value is -2.13. The van der Waals surface area contributed by atoms with Gasteiger partial charge in [-0.3, -0.25) is 4.79 Å². The van der Waals surface area contributed by atoms with Crippen LogP contribution in [0.3, 0.4) is 0 Å². The summed E-state index contributed by atoms with van der Waals surface area (Å²) in [5.74, 6) is -0.184. The van der Waals surface area contributed by atoms with Gasteiger partial charge >= 0.3 is 0 Å². The van der Waals surface area contributed by atoms with Crippen molar-refractivity contribution in [3.8, 4) is 5.75 Å². The Morgan fingerprint density at radius 1 is 0.952 bits per heavy atom. The molecule has 0 saturated carbocycles. The highest BCUT2D eigenvalue weighted by molar-refractivity contribution is 9.10. The summed E-state index contributed by atoms with van der Waals surface area (Å²) in [5.41, 5.74) is 1.98. The van der Waals surface area contributed by atoms with Crippen molar-refractivity contribution in [2.24, 2.45) is 0 Å². The van der Waals surface area contributed by atoms with Crippen molar-refractivity contribution >= 4 is 32.5 Å².